The molecule has 6 nitrogen and oxygen atoms in total. The van der Waals surface area contributed by atoms with E-state index in [2.05, 4.69) is 15.4 Å². The summed E-state index contributed by atoms with van der Waals surface area (Å²) in [5.41, 5.74) is 2.21. The number of nitrogens with one attached hydrogen (secondary N) is 2. The maximum atomic E-state index is 12.4. The fourth-order valence-electron chi connectivity index (χ4n) is 2.98. The van der Waals surface area contributed by atoms with E-state index in [1.807, 2.05) is 6.07 Å². The number of carbonyl (C=O) groups is 2. The van der Waals surface area contributed by atoms with Crippen LogP contribution in [0.15, 0.2) is 42.5 Å². The molecule has 1 aliphatic rings. The van der Waals surface area contributed by atoms with Crippen LogP contribution < -0.4 is 20.1 Å². The van der Waals surface area contributed by atoms with E-state index in [1.54, 1.807) is 18.2 Å². The van der Waals surface area contributed by atoms with Gasteiger partial charge in [-0.15, -0.1) is 13.2 Å². The molecule has 0 saturated heterocycles. The van der Waals surface area contributed by atoms with E-state index in [4.69, 9.17) is 4.74 Å². The molecule has 1 heterocycles. The van der Waals surface area contributed by atoms with Gasteiger partial charge < -0.3 is 20.1 Å². The lowest BCUT2D eigenvalue weighted by Crippen LogP contribution is -2.40. The Morgan fingerprint density at radius 2 is 1.90 bits per heavy atom. The van der Waals surface area contributed by atoms with Crippen molar-refractivity contribution in [1.29, 1.82) is 0 Å². The number of rotatable bonds is 6. The van der Waals surface area contributed by atoms with Gasteiger partial charge in [-0.05, 0) is 41.0 Å². The molecule has 3 rings (SSSR count). The van der Waals surface area contributed by atoms with Crippen molar-refractivity contribution < 1.29 is 32.2 Å². The van der Waals surface area contributed by atoms with Crippen molar-refractivity contribution >= 4 is 11.8 Å². The van der Waals surface area contributed by atoms with Crippen LogP contribution in [0, 0.1) is 0 Å². The second-order valence-corrected chi connectivity index (χ2v) is 6.56. The Morgan fingerprint density at radius 1 is 1.14 bits per heavy atom. The van der Waals surface area contributed by atoms with E-state index in [1.165, 1.54) is 25.1 Å². The van der Waals surface area contributed by atoms with Crippen molar-refractivity contribution in [2.24, 2.45) is 0 Å². The lowest BCUT2D eigenvalue weighted by molar-refractivity contribution is -0.274. The molecule has 0 aromatic heterocycles. The number of halogens is 3. The summed E-state index contributed by atoms with van der Waals surface area (Å²) in [7, 11) is 0. The Balaban J connectivity index is 1.63. The zero-order valence-electron chi connectivity index (χ0n) is 15.5. The predicted molar refractivity (Wildman–Crippen MR) is 98.4 cm³/mol. The van der Waals surface area contributed by atoms with E-state index >= 15 is 0 Å². The van der Waals surface area contributed by atoms with Crippen molar-refractivity contribution in [3.05, 3.63) is 48.0 Å². The molecule has 0 saturated carbocycles. The van der Waals surface area contributed by atoms with E-state index in [-0.39, 0.29) is 36.8 Å². The summed E-state index contributed by atoms with van der Waals surface area (Å²) < 4.78 is 47.0. The highest BCUT2D eigenvalue weighted by Crippen LogP contribution is 2.34. The smallest absolute Gasteiger partial charge is 0.488 e. The average Bonchev–Trinajstić information content (AvgIpc) is 3.05. The highest BCUT2D eigenvalue weighted by atomic mass is 19.4. The first-order valence-corrected chi connectivity index (χ1v) is 8.86. The molecule has 0 aliphatic carbocycles. The molecule has 2 amide bonds. The fourth-order valence-corrected chi connectivity index (χ4v) is 2.98. The molecule has 2 aromatic rings. The highest BCUT2D eigenvalue weighted by Gasteiger charge is 2.31. The highest BCUT2D eigenvalue weighted by molar-refractivity contribution is 5.83. The van der Waals surface area contributed by atoms with Crippen molar-refractivity contribution in [3.8, 4) is 22.6 Å². The van der Waals surface area contributed by atoms with Crippen LogP contribution in [0.1, 0.15) is 12.5 Å². The number of hydrogen-bond donors (Lipinski definition) is 2. The van der Waals surface area contributed by atoms with Crippen molar-refractivity contribution in [2.75, 3.05) is 13.1 Å². The zero-order chi connectivity index (χ0) is 21.0. The molecular weight excluding hydrogens is 389 g/mol. The lowest BCUT2D eigenvalue weighted by Gasteiger charge is -2.12. The molecule has 2 N–H and O–H groups in total. The first kappa shape index (κ1) is 20.5. The molecule has 154 valence electrons. The second-order valence-electron chi connectivity index (χ2n) is 6.56. The molecule has 1 atom stereocenters. The quantitative estimate of drug-likeness (QED) is 0.771. The van der Waals surface area contributed by atoms with Gasteiger partial charge in [-0.25, -0.2) is 0 Å². The normalized spacial score (nSPS) is 15.2. The molecule has 0 fully saturated rings. The summed E-state index contributed by atoms with van der Waals surface area (Å²) in [6.45, 7) is 1.50. The van der Waals surface area contributed by atoms with Gasteiger partial charge >= 0.3 is 6.36 Å². The van der Waals surface area contributed by atoms with E-state index < -0.39 is 6.36 Å². The van der Waals surface area contributed by atoms with Gasteiger partial charge in [0, 0.05) is 13.3 Å². The third kappa shape index (κ3) is 5.87. The summed E-state index contributed by atoms with van der Waals surface area (Å²) in [6.07, 6.45) is -4.47. The summed E-state index contributed by atoms with van der Waals surface area (Å²) in [4.78, 5) is 22.5. The molecule has 0 radical (unpaired) electrons. The Morgan fingerprint density at radius 3 is 2.62 bits per heavy atom. The maximum Gasteiger partial charge on any atom is 0.573 e. The molecule has 1 aliphatic heterocycles. The second kappa shape index (κ2) is 8.42. The minimum absolute atomic E-state index is 0.102. The standard InChI is InChI=1S/C20H19F3N2O4/c1-12(26)24-11-19(27)25-10-17-9-15-7-14(5-6-18(15)28-17)13-3-2-4-16(8-13)29-20(21,22)23/h2-8,17H,9-11H2,1H3,(H,24,26)(H,25,27)/t17-/m1/s1. The number of hydrogen-bond acceptors (Lipinski definition) is 4. The number of amides is 2. The Hall–Kier alpha value is -3.23. The van der Waals surface area contributed by atoms with Crippen LogP contribution in [0.25, 0.3) is 11.1 Å². The van der Waals surface area contributed by atoms with Gasteiger partial charge in [-0.2, -0.15) is 0 Å². The van der Waals surface area contributed by atoms with E-state index in [9.17, 15) is 22.8 Å². The van der Waals surface area contributed by atoms with Gasteiger partial charge in [-0.3, -0.25) is 9.59 Å². The summed E-state index contributed by atoms with van der Waals surface area (Å²) in [5.74, 6) is -0.229. The van der Waals surface area contributed by atoms with Crippen LogP contribution in [-0.4, -0.2) is 37.4 Å². The SMILES string of the molecule is CC(=O)NCC(=O)NC[C@H]1Cc2cc(-c3cccc(OC(F)(F)F)c3)ccc2O1. The molecule has 2 aromatic carbocycles. The van der Waals surface area contributed by atoms with Crippen LogP contribution in [0.5, 0.6) is 11.5 Å². The first-order valence-electron chi connectivity index (χ1n) is 8.86. The number of fused-ring (bicyclic) bond motifs is 1. The number of alkyl halides is 3. The first-order chi connectivity index (χ1) is 13.7. The third-order valence-electron chi connectivity index (χ3n) is 4.23. The number of benzene rings is 2. The fraction of sp³-hybridized carbons (Fsp3) is 0.300. The van der Waals surface area contributed by atoms with Gasteiger partial charge in [0.1, 0.15) is 17.6 Å². The van der Waals surface area contributed by atoms with Crippen LogP contribution in [0.4, 0.5) is 13.2 Å². The van der Waals surface area contributed by atoms with Crippen molar-refractivity contribution in [3.63, 3.8) is 0 Å². The Bertz CT molecular complexity index is 915. The van der Waals surface area contributed by atoms with Crippen molar-refractivity contribution in [2.45, 2.75) is 25.8 Å². The topological polar surface area (TPSA) is 76.7 Å². The van der Waals surface area contributed by atoms with Crippen molar-refractivity contribution in [1.82, 2.24) is 10.6 Å². The summed E-state index contributed by atoms with van der Waals surface area (Å²) in [6, 6.07) is 11.1. The molecule has 9 heteroatoms. The van der Waals surface area contributed by atoms with Gasteiger partial charge in [0.05, 0.1) is 13.1 Å². The Labute approximate surface area is 165 Å². The van der Waals surface area contributed by atoms with Crippen LogP contribution >= 0.6 is 0 Å². The van der Waals surface area contributed by atoms with Crippen LogP contribution in [0.3, 0.4) is 0 Å². The van der Waals surface area contributed by atoms with Crippen LogP contribution in [-0.2, 0) is 16.0 Å². The van der Waals surface area contributed by atoms with E-state index in [0.717, 1.165) is 11.1 Å². The predicted octanol–water partition coefficient (Wildman–Crippen LogP) is 2.81. The molecule has 29 heavy (non-hydrogen) atoms. The minimum Gasteiger partial charge on any atom is -0.488 e. The Kier molecular flexibility index (Phi) is 5.95. The minimum atomic E-state index is -4.75. The molecule has 0 unspecified atom stereocenters. The molecule has 0 spiro atoms. The van der Waals surface area contributed by atoms with Gasteiger partial charge in [0.15, 0.2) is 0 Å². The number of ether oxygens (including phenoxy) is 2. The average molecular weight is 408 g/mol. The van der Waals surface area contributed by atoms with Gasteiger partial charge in [-0.1, -0.05) is 18.2 Å². The lowest BCUT2D eigenvalue weighted by atomic mass is 10.0. The summed E-state index contributed by atoms with van der Waals surface area (Å²) >= 11 is 0. The van der Waals surface area contributed by atoms with Gasteiger partial charge in [0.25, 0.3) is 0 Å². The monoisotopic (exact) mass is 408 g/mol. The maximum absolute atomic E-state index is 12.4. The zero-order valence-corrected chi connectivity index (χ0v) is 15.5. The molecule has 0 bridgehead atoms. The molecular formula is C20H19F3N2O4. The van der Waals surface area contributed by atoms with Crippen LogP contribution in [0.2, 0.25) is 0 Å². The third-order valence-corrected chi connectivity index (χ3v) is 4.23. The largest absolute Gasteiger partial charge is 0.573 e. The van der Waals surface area contributed by atoms with E-state index in [0.29, 0.717) is 17.7 Å². The van der Waals surface area contributed by atoms with Gasteiger partial charge in [0.2, 0.25) is 11.8 Å². The number of carbonyl (C=O) groups excluding carboxylic acids is 2. The summed E-state index contributed by atoms with van der Waals surface area (Å²) in [5, 5.41) is 5.10.